The van der Waals surface area contributed by atoms with Crippen LogP contribution in [-0.2, 0) is 4.79 Å². The maximum atomic E-state index is 12.5. The molecule has 1 atom stereocenters. The van der Waals surface area contributed by atoms with Crippen molar-refractivity contribution in [3.63, 3.8) is 0 Å². The lowest BCUT2D eigenvalue weighted by Gasteiger charge is -2.12. The first-order chi connectivity index (χ1) is 6.63. The fourth-order valence-electron chi connectivity index (χ4n) is 0.877. The van der Waals surface area contributed by atoms with Gasteiger partial charge in [-0.2, -0.15) is 0 Å². The molecule has 3 N–H and O–H groups in total. The minimum Gasteiger partial charge on any atom is -0.478 e. The summed E-state index contributed by atoms with van der Waals surface area (Å²) in [5.74, 6) is -1.27. The summed E-state index contributed by atoms with van der Waals surface area (Å²) in [4.78, 5) is 10.5. The van der Waals surface area contributed by atoms with Crippen LogP contribution in [0.4, 0.5) is 4.39 Å². The maximum absolute atomic E-state index is 12.5. The standard InChI is InChI=1S/C9H10FNO3.ClH/c10-6-1-3-7(4-2-6)14-8(5-11)9(12)13;/h1-4,8H,5,11H2,(H,12,13);1H. The van der Waals surface area contributed by atoms with E-state index in [0.29, 0.717) is 0 Å². The van der Waals surface area contributed by atoms with Crippen molar-refractivity contribution in [2.24, 2.45) is 5.73 Å². The molecule has 0 saturated heterocycles. The van der Waals surface area contributed by atoms with Crippen molar-refractivity contribution in [3.8, 4) is 5.75 Å². The van der Waals surface area contributed by atoms with E-state index < -0.39 is 17.9 Å². The van der Waals surface area contributed by atoms with Crippen LogP contribution in [0.3, 0.4) is 0 Å². The number of halogens is 2. The fourth-order valence-corrected chi connectivity index (χ4v) is 0.877. The van der Waals surface area contributed by atoms with Gasteiger partial charge in [0.15, 0.2) is 0 Å². The van der Waals surface area contributed by atoms with Crippen molar-refractivity contribution in [3.05, 3.63) is 30.1 Å². The van der Waals surface area contributed by atoms with Crippen LogP contribution in [0, 0.1) is 5.82 Å². The normalized spacial score (nSPS) is 11.3. The average molecular weight is 236 g/mol. The van der Waals surface area contributed by atoms with Gasteiger partial charge in [-0.05, 0) is 24.3 Å². The molecule has 1 rings (SSSR count). The first-order valence-corrected chi connectivity index (χ1v) is 3.98. The molecule has 15 heavy (non-hydrogen) atoms. The Bertz CT molecular complexity index is 318. The molecule has 0 aliphatic rings. The zero-order chi connectivity index (χ0) is 10.6. The Labute approximate surface area is 92.3 Å². The van der Waals surface area contributed by atoms with Gasteiger partial charge in [-0.15, -0.1) is 12.4 Å². The second kappa shape index (κ2) is 6.21. The Balaban J connectivity index is 0.00000196. The van der Waals surface area contributed by atoms with Crippen LogP contribution in [0.1, 0.15) is 0 Å². The Morgan fingerprint density at radius 2 is 2.00 bits per heavy atom. The summed E-state index contributed by atoms with van der Waals surface area (Å²) < 4.78 is 17.5. The van der Waals surface area contributed by atoms with Crippen molar-refractivity contribution in [1.29, 1.82) is 0 Å². The van der Waals surface area contributed by atoms with Crippen molar-refractivity contribution >= 4 is 18.4 Å². The van der Waals surface area contributed by atoms with E-state index in [2.05, 4.69) is 0 Å². The van der Waals surface area contributed by atoms with Gasteiger partial charge in [0.1, 0.15) is 11.6 Å². The zero-order valence-electron chi connectivity index (χ0n) is 7.72. The Hall–Kier alpha value is -1.33. The van der Waals surface area contributed by atoms with Crippen molar-refractivity contribution in [1.82, 2.24) is 0 Å². The van der Waals surface area contributed by atoms with Gasteiger partial charge < -0.3 is 15.6 Å². The van der Waals surface area contributed by atoms with Gasteiger partial charge in [0.25, 0.3) is 0 Å². The number of carbonyl (C=O) groups is 1. The van der Waals surface area contributed by atoms with Crippen LogP contribution in [-0.4, -0.2) is 23.7 Å². The van der Waals surface area contributed by atoms with Crippen molar-refractivity contribution in [2.75, 3.05) is 6.54 Å². The molecule has 0 radical (unpaired) electrons. The average Bonchev–Trinajstić information content (AvgIpc) is 2.16. The number of rotatable bonds is 4. The van der Waals surface area contributed by atoms with Gasteiger partial charge in [0.05, 0.1) is 0 Å². The van der Waals surface area contributed by atoms with Crippen molar-refractivity contribution in [2.45, 2.75) is 6.10 Å². The highest BCUT2D eigenvalue weighted by Gasteiger charge is 2.16. The first-order valence-electron chi connectivity index (χ1n) is 3.98. The number of hydrogen-bond donors (Lipinski definition) is 2. The molecule has 0 fully saturated rings. The number of aliphatic carboxylic acids is 1. The van der Waals surface area contributed by atoms with Crippen LogP contribution >= 0.6 is 12.4 Å². The van der Waals surface area contributed by atoms with Crippen LogP contribution < -0.4 is 10.5 Å². The van der Waals surface area contributed by atoms with Gasteiger partial charge in [0.2, 0.25) is 6.10 Å². The summed E-state index contributed by atoms with van der Waals surface area (Å²) in [6, 6.07) is 5.07. The Morgan fingerprint density at radius 3 is 2.40 bits per heavy atom. The monoisotopic (exact) mass is 235 g/mol. The Kier molecular flexibility index (Phi) is 5.66. The molecule has 0 saturated carbocycles. The van der Waals surface area contributed by atoms with E-state index >= 15 is 0 Å². The van der Waals surface area contributed by atoms with E-state index in [1.807, 2.05) is 0 Å². The third-order valence-corrected chi connectivity index (χ3v) is 1.58. The second-order valence-electron chi connectivity index (χ2n) is 2.63. The molecule has 1 unspecified atom stereocenters. The van der Waals surface area contributed by atoms with Crippen LogP contribution in [0.25, 0.3) is 0 Å². The number of carboxylic acid groups (broad SMARTS) is 1. The summed E-state index contributed by atoms with van der Waals surface area (Å²) in [6.45, 7) is -0.132. The molecular weight excluding hydrogens is 225 g/mol. The quantitative estimate of drug-likeness (QED) is 0.818. The summed E-state index contributed by atoms with van der Waals surface area (Å²) in [6.07, 6.45) is -1.10. The molecule has 0 amide bonds. The minimum atomic E-state index is -1.14. The summed E-state index contributed by atoms with van der Waals surface area (Å²) in [5, 5.41) is 8.61. The maximum Gasteiger partial charge on any atom is 0.346 e. The van der Waals surface area contributed by atoms with Gasteiger partial charge in [-0.1, -0.05) is 0 Å². The molecule has 0 spiro atoms. The highest BCUT2D eigenvalue weighted by Crippen LogP contribution is 2.12. The van der Waals surface area contributed by atoms with Crippen LogP contribution in [0.5, 0.6) is 5.75 Å². The second-order valence-corrected chi connectivity index (χ2v) is 2.63. The van der Waals surface area contributed by atoms with Gasteiger partial charge in [-0.25, -0.2) is 9.18 Å². The van der Waals surface area contributed by atoms with Crippen LogP contribution in [0.15, 0.2) is 24.3 Å². The molecule has 0 aliphatic heterocycles. The number of benzene rings is 1. The molecule has 1 aromatic rings. The van der Waals surface area contributed by atoms with Gasteiger partial charge >= 0.3 is 5.97 Å². The zero-order valence-corrected chi connectivity index (χ0v) is 8.54. The van der Waals surface area contributed by atoms with E-state index in [1.165, 1.54) is 24.3 Å². The third-order valence-electron chi connectivity index (χ3n) is 1.58. The van der Waals surface area contributed by atoms with E-state index in [1.54, 1.807) is 0 Å². The highest BCUT2D eigenvalue weighted by molar-refractivity contribution is 5.85. The molecule has 0 bridgehead atoms. The lowest BCUT2D eigenvalue weighted by atomic mass is 10.3. The number of nitrogens with two attached hydrogens (primary N) is 1. The third kappa shape index (κ3) is 4.14. The predicted octanol–water partition coefficient (Wildman–Crippen LogP) is 1.04. The van der Waals surface area contributed by atoms with Gasteiger partial charge in [0, 0.05) is 6.54 Å². The molecule has 0 aromatic heterocycles. The molecule has 4 nitrogen and oxygen atoms in total. The topological polar surface area (TPSA) is 72.5 Å². The highest BCUT2D eigenvalue weighted by atomic mass is 35.5. The summed E-state index contributed by atoms with van der Waals surface area (Å²) in [7, 11) is 0. The molecule has 0 aliphatic carbocycles. The predicted molar refractivity (Wildman–Crippen MR) is 54.8 cm³/mol. The first kappa shape index (κ1) is 13.7. The minimum absolute atomic E-state index is 0. The van der Waals surface area contributed by atoms with E-state index in [9.17, 15) is 9.18 Å². The number of hydrogen-bond acceptors (Lipinski definition) is 3. The van der Waals surface area contributed by atoms with E-state index in [-0.39, 0.29) is 24.7 Å². The summed E-state index contributed by atoms with van der Waals surface area (Å²) in [5.41, 5.74) is 5.17. The lowest BCUT2D eigenvalue weighted by Crippen LogP contribution is -2.34. The summed E-state index contributed by atoms with van der Waals surface area (Å²) >= 11 is 0. The van der Waals surface area contributed by atoms with E-state index in [4.69, 9.17) is 15.6 Å². The number of carboxylic acids is 1. The van der Waals surface area contributed by atoms with E-state index in [0.717, 1.165) is 0 Å². The molecule has 6 heteroatoms. The Morgan fingerprint density at radius 1 is 1.47 bits per heavy atom. The SMILES string of the molecule is Cl.NCC(Oc1ccc(F)cc1)C(=O)O. The molecule has 0 heterocycles. The largest absolute Gasteiger partial charge is 0.478 e. The molecular formula is C9H11ClFNO3. The fraction of sp³-hybridized carbons (Fsp3) is 0.222. The smallest absolute Gasteiger partial charge is 0.346 e. The van der Waals surface area contributed by atoms with Gasteiger partial charge in [-0.3, -0.25) is 0 Å². The van der Waals surface area contributed by atoms with Crippen LogP contribution in [0.2, 0.25) is 0 Å². The molecule has 1 aromatic carbocycles. The number of ether oxygens (including phenoxy) is 1. The van der Waals surface area contributed by atoms with Crippen molar-refractivity contribution < 1.29 is 19.0 Å². The lowest BCUT2D eigenvalue weighted by molar-refractivity contribution is -0.144. The molecule has 84 valence electrons.